The molecule has 1 aliphatic heterocycles. The van der Waals surface area contributed by atoms with Crippen LogP contribution in [0, 0.1) is 5.41 Å². The van der Waals surface area contributed by atoms with Gasteiger partial charge >= 0.3 is 0 Å². The molecule has 2 fully saturated rings. The number of amides is 1. The van der Waals surface area contributed by atoms with Crippen LogP contribution in [0.4, 0.5) is 0 Å². The molecule has 3 nitrogen and oxygen atoms in total. The molecule has 0 atom stereocenters. The van der Waals surface area contributed by atoms with Gasteiger partial charge in [0.15, 0.2) is 0 Å². The molecule has 0 bridgehead atoms. The summed E-state index contributed by atoms with van der Waals surface area (Å²) in [5.41, 5.74) is 1.81. The van der Waals surface area contributed by atoms with Gasteiger partial charge in [-0.1, -0.05) is 25.7 Å². The first-order chi connectivity index (χ1) is 12.7. The third-order valence-electron chi connectivity index (χ3n) is 6.77. The fourth-order valence-electron chi connectivity index (χ4n) is 4.97. The highest BCUT2D eigenvalue weighted by Crippen LogP contribution is 2.41. The summed E-state index contributed by atoms with van der Waals surface area (Å²) in [4.78, 5) is 17.9. The van der Waals surface area contributed by atoms with Crippen molar-refractivity contribution in [2.75, 3.05) is 26.2 Å². The highest BCUT2D eigenvalue weighted by molar-refractivity contribution is 7.14. The first-order valence-corrected chi connectivity index (χ1v) is 11.7. The van der Waals surface area contributed by atoms with Crippen molar-refractivity contribution < 1.29 is 4.79 Å². The molecule has 1 aromatic rings. The second-order valence-electron chi connectivity index (χ2n) is 8.85. The van der Waals surface area contributed by atoms with Crippen molar-refractivity contribution in [2.24, 2.45) is 5.41 Å². The van der Waals surface area contributed by atoms with Gasteiger partial charge < -0.3 is 10.2 Å². The molecule has 4 rings (SSSR count). The summed E-state index contributed by atoms with van der Waals surface area (Å²) in [5.74, 6) is 0.173. The van der Waals surface area contributed by atoms with E-state index < -0.39 is 0 Å². The molecule has 0 spiro atoms. The van der Waals surface area contributed by atoms with Crippen molar-refractivity contribution in [3.05, 3.63) is 21.4 Å². The minimum absolute atomic E-state index is 0.173. The molecular weight excluding hydrogens is 340 g/mol. The molecular formula is C22H34N2OS. The lowest BCUT2D eigenvalue weighted by Gasteiger charge is -2.44. The number of aryl methyl sites for hydroxylation is 2. The molecule has 2 heterocycles. The average Bonchev–Trinajstić information content (AvgIpc) is 3.26. The van der Waals surface area contributed by atoms with Crippen molar-refractivity contribution >= 4 is 17.2 Å². The second kappa shape index (κ2) is 8.43. The Labute approximate surface area is 162 Å². The first-order valence-electron chi connectivity index (χ1n) is 10.9. The highest BCUT2D eigenvalue weighted by atomic mass is 32.1. The van der Waals surface area contributed by atoms with Crippen LogP contribution in [-0.2, 0) is 12.8 Å². The molecule has 1 saturated carbocycles. The van der Waals surface area contributed by atoms with Crippen LogP contribution >= 0.6 is 11.3 Å². The number of carbonyl (C=O) groups is 1. The van der Waals surface area contributed by atoms with Crippen molar-refractivity contribution in [2.45, 2.75) is 77.0 Å². The van der Waals surface area contributed by atoms with Gasteiger partial charge in [-0.15, -0.1) is 11.3 Å². The highest BCUT2D eigenvalue weighted by Gasteiger charge is 2.39. The van der Waals surface area contributed by atoms with Crippen molar-refractivity contribution in [1.82, 2.24) is 10.2 Å². The minimum Gasteiger partial charge on any atom is -0.351 e. The Morgan fingerprint density at radius 2 is 1.73 bits per heavy atom. The Balaban J connectivity index is 1.35. The number of nitrogens with one attached hydrogen (secondary N) is 1. The van der Waals surface area contributed by atoms with E-state index in [1.165, 1.54) is 101 Å². The topological polar surface area (TPSA) is 32.3 Å². The summed E-state index contributed by atoms with van der Waals surface area (Å²) in [7, 11) is 0. The summed E-state index contributed by atoms with van der Waals surface area (Å²) >= 11 is 1.76. The van der Waals surface area contributed by atoms with Gasteiger partial charge in [0.2, 0.25) is 0 Å². The van der Waals surface area contributed by atoms with Gasteiger partial charge in [0.1, 0.15) is 0 Å². The van der Waals surface area contributed by atoms with E-state index in [-0.39, 0.29) is 5.91 Å². The monoisotopic (exact) mass is 374 g/mol. The number of likely N-dealkylation sites (tertiary alicyclic amines) is 1. The molecule has 1 N–H and O–H groups in total. The SMILES string of the molecule is O=C(NCC1(CN2CCCC2)CCC1)c1cc2c(s1)CCCCCCC2. The van der Waals surface area contributed by atoms with E-state index >= 15 is 0 Å². The molecule has 4 heteroatoms. The minimum atomic E-state index is 0.173. The zero-order chi connectivity index (χ0) is 17.8. The van der Waals surface area contributed by atoms with Gasteiger partial charge in [-0.25, -0.2) is 0 Å². The molecule has 3 aliphatic rings. The smallest absolute Gasteiger partial charge is 0.261 e. The summed E-state index contributed by atoms with van der Waals surface area (Å²) in [6.07, 6.45) is 15.6. The van der Waals surface area contributed by atoms with E-state index in [4.69, 9.17) is 0 Å². The van der Waals surface area contributed by atoms with E-state index in [2.05, 4.69) is 16.3 Å². The normalized spacial score (nSPS) is 23.4. The van der Waals surface area contributed by atoms with E-state index in [9.17, 15) is 4.79 Å². The van der Waals surface area contributed by atoms with Crippen LogP contribution in [0.1, 0.15) is 84.3 Å². The number of hydrogen-bond acceptors (Lipinski definition) is 3. The number of fused-ring (bicyclic) bond motifs is 1. The summed E-state index contributed by atoms with van der Waals surface area (Å²) in [5, 5.41) is 3.31. The number of rotatable bonds is 5. The van der Waals surface area contributed by atoms with Gasteiger partial charge in [0.05, 0.1) is 4.88 Å². The summed E-state index contributed by atoms with van der Waals surface area (Å²) < 4.78 is 0. The van der Waals surface area contributed by atoms with Gasteiger partial charge in [0.25, 0.3) is 5.91 Å². The molecule has 1 saturated heterocycles. The molecule has 26 heavy (non-hydrogen) atoms. The molecule has 1 aromatic heterocycles. The van der Waals surface area contributed by atoms with Crippen molar-refractivity contribution in [3.63, 3.8) is 0 Å². The van der Waals surface area contributed by atoms with Crippen LogP contribution in [0.15, 0.2) is 6.07 Å². The summed E-state index contributed by atoms with van der Waals surface area (Å²) in [6.45, 7) is 4.57. The fourth-order valence-corrected chi connectivity index (χ4v) is 6.14. The Hall–Kier alpha value is -0.870. The maximum absolute atomic E-state index is 12.8. The Morgan fingerprint density at radius 3 is 2.46 bits per heavy atom. The number of hydrogen-bond donors (Lipinski definition) is 1. The van der Waals surface area contributed by atoms with Crippen LogP contribution in [0.2, 0.25) is 0 Å². The Bertz CT molecular complexity index is 588. The zero-order valence-electron chi connectivity index (χ0n) is 16.2. The number of carbonyl (C=O) groups excluding carboxylic acids is 1. The molecule has 1 amide bonds. The van der Waals surface area contributed by atoms with E-state index in [1.807, 2.05) is 0 Å². The van der Waals surface area contributed by atoms with Gasteiger partial charge in [-0.3, -0.25) is 4.79 Å². The van der Waals surface area contributed by atoms with Crippen molar-refractivity contribution in [3.8, 4) is 0 Å². The Kier molecular flexibility index (Phi) is 6.00. The molecule has 2 aliphatic carbocycles. The standard InChI is InChI=1S/C22H34N2OS/c25-21(20-15-18-9-4-2-1-3-5-10-19(18)26-20)23-16-22(11-8-12-22)17-24-13-6-7-14-24/h15H,1-14,16-17H2,(H,23,25). The third-order valence-corrected chi connectivity index (χ3v) is 8.00. The number of thiophene rings is 1. The van der Waals surface area contributed by atoms with Crippen LogP contribution in [0.3, 0.4) is 0 Å². The number of nitrogens with zero attached hydrogens (tertiary/aromatic N) is 1. The lowest BCUT2D eigenvalue weighted by atomic mass is 9.68. The fraction of sp³-hybridized carbons (Fsp3) is 0.773. The van der Waals surface area contributed by atoms with Crippen LogP contribution < -0.4 is 5.32 Å². The van der Waals surface area contributed by atoms with Gasteiger partial charge in [-0.05, 0) is 76.1 Å². The predicted octanol–water partition coefficient (Wildman–Crippen LogP) is 4.79. The maximum atomic E-state index is 12.8. The second-order valence-corrected chi connectivity index (χ2v) is 9.98. The zero-order valence-corrected chi connectivity index (χ0v) is 17.0. The third kappa shape index (κ3) is 4.33. The Morgan fingerprint density at radius 1 is 1.00 bits per heavy atom. The summed E-state index contributed by atoms with van der Waals surface area (Å²) in [6, 6.07) is 2.20. The molecule has 0 unspecified atom stereocenters. The van der Waals surface area contributed by atoms with Crippen LogP contribution in [0.25, 0.3) is 0 Å². The average molecular weight is 375 g/mol. The van der Waals surface area contributed by atoms with E-state index in [1.54, 1.807) is 11.3 Å². The van der Waals surface area contributed by atoms with Gasteiger partial charge in [0, 0.05) is 23.4 Å². The van der Waals surface area contributed by atoms with E-state index in [0.29, 0.717) is 5.41 Å². The lowest BCUT2D eigenvalue weighted by molar-refractivity contribution is 0.0680. The van der Waals surface area contributed by atoms with Gasteiger partial charge in [-0.2, -0.15) is 0 Å². The first kappa shape index (κ1) is 18.5. The predicted molar refractivity (Wildman–Crippen MR) is 109 cm³/mol. The molecule has 0 radical (unpaired) electrons. The van der Waals surface area contributed by atoms with E-state index in [0.717, 1.165) is 17.8 Å². The lowest BCUT2D eigenvalue weighted by Crippen LogP contribution is -2.48. The maximum Gasteiger partial charge on any atom is 0.261 e. The van der Waals surface area contributed by atoms with Crippen LogP contribution in [0.5, 0.6) is 0 Å². The molecule has 0 aromatic carbocycles. The largest absolute Gasteiger partial charge is 0.351 e. The quantitative estimate of drug-likeness (QED) is 0.803. The van der Waals surface area contributed by atoms with Crippen molar-refractivity contribution in [1.29, 1.82) is 0 Å². The van der Waals surface area contributed by atoms with Crippen LogP contribution in [-0.4, -0.2) is 37.0 Å². The molecule has 144 valence electrons.